The number of hydrogen-bond donors (Lipinski definition) is 1. The monoisotopic (exact) mass is 413 g/mol. The largest absolute Gasteiger partial charge is 0.357 e. The number of carbonyl (C=O) groups excluding carboxylic acids is 2. The van der Waals surface area contributed by atoms with Gasteiger partial charge in [0.1, 0.15) is 0 Å². The summed E-state index contributed by atoms with van der Waals surface area (Å²) in [4.78, 5) is 32.4. The average Bonchev–Trinajstić information content (AvgIpc) is 3.17. The molecule has 0 bridgehead atoms. The second kappa shape index (κ2) is 6.62. The number of halogens is 2. The van der Waals surface area contributed by atoms with Gasteiger partial charge in [0.2, 0.25) is 5.91 Å². The van der Waals surface area contributed by atoms with E-state index in [1.54, 1.807) is 24.3 Å². The number of rotatable bonds is 2. The number of anilines is 1. The lowest BCUT2D eigenvalue weighted by molar-refractivity contribution is -0.123. The fourth-order valence-electron chi connectivity index (χ4n) is 4.29. The Balaban J connectivity index is 1.43. The summed E-state index contributed by atoms with van der Waals surface area (Å²) in [6, 6.07) is 12.2. The lowest BCUT2D eigenvalue weighted by Crippen LogP contribution is -2.44. The zero-order valence-corrected chi connectivity index (χ0v) is 16.4. The molecule has 1 N–H and O–H groups in total. The molecule has 7 heteroatoms. The van der Waals surface area contributed by atoms with Gasteiger partial charge in [0.05, 0.1) is 18.2 Å². The zero-order valence-electron chi connectivity index (χ0n) is 14.9. The van der Waals surface area contributed by atoms with E-state index in [0.717, 1.165) is 29.6 Å². The molecule has 0 radical (unpaired) electrons. The molecule has 2 aromatic carbocycles. The van der Waals surface area contributed by atoms with Gasteiger partial charge in [0.25, 0.3) is 5.91 Å². The molecule has 0 aliphatic carbocycles. The predicted molar refractivity (Wildman–Crippen MR) is 110 cm³/mol. The number of nitrogens with zero attached hydrogens (tertiary/aromatic N) is 2. The summed E-state index contributed by atoms with van der Waals surface area (Å²) in [6.45, 7) is 1.33. The minimum atomic E-state index is -0.449. The normalized spacial score (nSPS) is 20.2. The lowest BCUT2D eigenvalue weighted by Gasteiger charge is -2.30. The van der Waals surface area contributed by atoms with Gasteiger partial charge in [-0.2, -0.15) is 0 Å². The van der Waals surface area contributed by atoms with Gasteiger partial charge >= 0.3 is 0 Å². The van der Waals surface area contributed by atoms with E-state index in [2.05, 4.69) is 9.88 Å². The highest BCUT2D eigenvalue weighted by Gasteiger charge is 2.43. The standard InChI is InChI=1S/C21H17Cl2N3O2/c22-12-2-1-3-14(8-12)26-20(27)10-19(21(26)28)25-7-6-15-16-9-13(23)4-5-17(16)24-18(15)11-25/h1-5,8-9,19,24H,6-7,10-11H2. The number of amides is 2. The van der Waals surface area contributed by atoms with Crippen LogP contribution in [0, 0.1) is 0 Å². The summed E-state index contributed by atoms with van der Waals surface area (Å²) in [5.41, 5.74) is 3.91. The number of aromatic nitrogens is 1. The minimum Gasteiger partial charge on any atom is -0.357 e. The molecule has 0 spiro atoms. The minimum absolute atomic E-state index is 0.185. The van der Waals surface area contributed by atoms with Crippen LogP contribution in [0.5, 0.6) is 0 Å². The van der Waals surface area contributed by atoms with Gasteiger partial charge in [0, 0.05) is 39.7 Å². The van der Waals surface area contributed by atoms with Gasteiger partial charge in [-0.15, -0.1) is 0 Å². The molecule has 2 aliphatic rings. The molecule has 28 heavy (non-hydrogen) atoms. The first-order valence-electron chi connectivity index (χ1n) is 9.16. The Morgan fingerprint density at radius 1 is 1.04 bits per heavy atom. The van der Waals surface area contributed by atoms with Gasteiger partial charge in [-0.25, -0.2) is 4.90 Å². The van der Waals surface area contributed by atoms with E-state index >= 15 is 0 Å². The van der Waals surface area contributed by atoms with E-state index in [4.69, 9.17) is 23.2 Å². The molecular weight excluding hydrogens is 397 g/mol. The first kappa shape index (κ1) is 17.7. The molecule has 5 rings (SSSR count). The molecular formula is C21H17Cl2N3O2. The number of carbonyl (C=O) groups is 2. The highest BCUT2D eigenvalue weighted by molar-refractivity contribution is 6.31. The maximum Gasteiger partial charge on any atom is 0.251 e. The third-order valence-corrected chi connectivity index (χ3v) is 6.07. The summed E-state index contributed by atoms with van der Waals surface area (Å²) in [5, 5.41) is 2.35. The smallest absolute Gasteiger partial charge is 0.251 e. The lowest BCUT2D eigenvalue weighted by atomic mass is 10.0. The van der Waals surface area contributed by atoms with E-state index in [1.807, 2.05) is 18.2 Å². The molecule has 5 nitrogen and oxygen atoms in total. The number of H-pyrrole nitrogens is 1. The van der Waals surface area contributed by atoms with Crippen molar-refractivity contribution < 1.29 is 9.59 Å². The Morgan fingerprint density at radius 3 is 2.68 bits per heavy atom. The van der Waals surface area contributed by atoms with E-state index < -0.39 is 6.04 Å². The molecule has 1 atom stereocenters. The second-order valence-corrected chi connectivity index (χ2v) is 8.13. The third kappa shape index (κ3) is 2.82. The summed E-state index contributed by atoms with van der Waals surface area (Å²) in [6.07, 6.45) is 0.998. The van der Waals surface area contributed by atoms with Crippen molar-refractivity contribution in [2.24, 2.45) is 0 Å². The molecule has 1 unspecified atom stereocenters. The van der Waals surface area contributed by atoms with Crippen molar-refractivity contribution in [3.05, 3.63) is 63.8 Å². The maximum atomic E-state index is 13.0. The highest BCUT2D eigenvalue weighted by Crippen LogP contribution is 2.33. The number of hydrogen-bond acceptors (Lipinski definition) is 3. The van der Waals surface area contributed by atoms with Crippen LogP contribution >= 0.6 is 23.2 Å². The van der Waals surface area contributed by atoms with Gasteiger partial charge < -0.3 is 4.98 Å². The molecule has 142 valence electrons. The Kier molecular flexibility index (Phi) is 4.19. The number of fused-ring (bicyclic) bond motifs is 3. The predicted octanol–water partition coefficient (Wildman–Crippen LogP) is 4.16. The fourth-order valence-corrected chi connectivity index (χ4v) is 4.64. The Bertz CT molecular complexity index is 1120. The van der Waals surface area contributed by atoms with Crippen LogP contribution in [0.3, 0.4) is 0 Å². The fraction of sp³-hybridized carbons (Fsp3) is 0.238. The van der Waals surface area contributed by atoms with Crippen molar-refractivity contribution in [2.75, 3.05) is 11.4 Å². The van der Waals surface area contributed by atoms with Crippen molar-refractivity contribution in [3.8, 4) is 0 Å². The Hall–Kier alpha value is -2.34. The Morgan fingerprint density at radius 2 is 1.86 bits per heavy atom. The average molecular weight is 414 g/mol. The van der Waals surface area contributed by atoms with Crippen LogP contribution in [0.25, 0.3) is 10.9 Å². The first-order valence-corrected chi connectivity index (χ1v) is 9.92. The van der Waals surface area contributed by atoms with Crippen LogP contribution in [0.1, 0.15) is 17.7 Å². The molecule has 1 fully saturated rings. The summed E-state index contributed by atoms with van der Waals surface area (Å²) < 4.78 is 0. The van der Waals surface area contributed by atoms with E-state index in [0.29, 0.717) is 22.3 Å². The van der Waals surface area contributed by atoms with Crippen molar-refractivity contribution in [2.45, 2.75) is 25.4 Å². The number of imide groups is 1. The molecule has 1 saturated heterocycles. The summed E-state index contributed by atoms with van der Waals surface area (Å²) in [5.74, 6) is -0.374. The molecule has 3 aromatic rings. The number of aromatic amines is 1. The van der Waals surface area contributed by atoms with Crippen LogP contribution in [0.15, 0.2) is 42.5 Å². The number of benzene rings is 2. The quantitative estimate of drug-likeness (QED) is 0.641. The van der Waals surface area contributed by atoms with Gasteiger partial charge in [0.15, 0.2) is 0 Å². The maximum absolute atomic E-state index is 13.0. The molecule has 3 heterocycles. The number of nitrogens with one attached hydrogen (secondary N) is 1. The van der Waals surface area contributed by atoms with Crippen molar-refractivity contribution in [3.63, 3.8) is 0 Å². The van der Waals surface area contributed by atoms with Gasteiger partial charge in [-0.3, -0.25) is 14.5 Å². The van der Waals surface area contributed by atoms with Gasteiger partial charge in [-0.1, -0.05) is 29.3 Å². The first-order chi connectivity index (χ1) is 13.5. The molecule has 1 aromatic heterocycles. The molecule has 2 amide bonds. The van der Waals surface area contributed by atoms with Crippen molar-refractivity contribution in [1.29, 1.82) is 0 Å². The van der Waals surface area contributed by atoms with Gasteiger partial charge in [-0.05, 0) is 48.4 Å². The second-order valence-electron chi connectivity index (χ2n) is 7.26. The summed E-state index contributed by atoms with van der Waals surface area (Å²) in [7, 11) is 0. The third-order valence-electron chi connectivity index (χ3n) is 5.60. The SMILES string of the molecule is O=C1CC(N2CCc3c([nH]c4ccc(Cl)cc34)C2)C(=O)N1c1cccc(Cl)c1. The van der Waals surface area contributed by atoms with Crippen LogP contribution in [-0.4, -0.2) is 34.3 Å². The van der Waals surface area contributed by atoms with Crippen LogP contribution in [0.4, 0.5) is 5.69 Å². The molecule has 2 aliphatic heterocycles. The van der Waals surface area contributed by atoms with E-state index in [1.165, 1.54) is 10.5 Å². The van der Waals surface area contributed by atoms with Crippen LogP contribution in [0.2, 0.25) is 10.0 Å². The molecule has 0 saturated carbocycles. The van der Waals surface area contributed by atoms with E-state index in [-0.39, 0.29) is 18.2 Å². The van der Waals surface area contributed by atoms with Crippen LogP contribution in [-0.2, 0) is 22.6 Å². The summed E-state index contributed by atoms with van der Waals surface area (Å²) >= 11 is 12.2. The topological polar surface area (TPSA) is 56.4 Å². The zero-order chi connectivity index (χ0) is 19.4. The highest BCUT2D eigenvalue weighted by atomic mass is 35.5. The Labute approximate surface area is 171 Å². The van der Waals surface area contributed by atoms with Crippen LogP contribution < -0.4 is 4.90 Å². The van der Waals surface area contributed by atoms with Crippen molar-refractivity contribution >= 4 is 51.6 Å². The van der Waals surface area contributed by atoms with Crippen molar-refractivity contribution in [1.82, 2.24) is 9.88 Å². The van der Waals surface area contributed by atoms with E-state index in [9.17, 15) is 9.59 Å².